The molecule has 2 nitrogen and oxygen atoms in total. The van der Waals surface area contributed by atoms with E-state index in [0.717, 1.165) is 16.8 Å². The van der Waals surface area contributed by atoms with Crippen LogP contribution >= 0.6 is 0 Å². The fourth-order valence-electron chi connectivity index (χ4n) is 6.07. The second-order valence-electron chi connectivity index (χ2n) is 9.34. The molecule has 0 saturated carbocycles. The molecule has 2 unspecified atom stereocenters. The van der Waals surface area contributed by atoms with Gasteiger partial charge in [-0.05, 0) is 51.2 Å². The molecule has 0 bridgehead atoms. The maximum atomic E-state index is 6.72. The first-order chi connectivity index (χ1) is 16.9. The highest BCUT2D eigenvalue weighted by molar-refractivity contribution is 6.23. The second-order valence-corrected chi connectivity index (χ2v) is 9.34. The van der Waals surface area contributed by atoms with Crippen molar-refractivity contribution < 1.29 is 4.74 Å². The van der Waals surface area contributed by atoms with Crippen LogP contribution in [0.5, 0.6) is 5.75 Å². The van der Waals surface area contributed by atoms with Gasteiger partial charge in [-0.1, -0.05) is 91.0 Å². The zero-order valence-electron chi connectivity index (χ0n) is 18.5. The Morgan fingerprint density at radius 2 is 1.47 bits per heavy atom. The Morgan fingerprint density at radius 3 is 2.38 bits per heavy atom. The van der Waals surface area contributed by atoms with Gasteiger partial charge >= 0.3 is 0 Å². The van der Waals surface area contributed by atoms with E-state index in [1.165, 1.54) is 49.4 Å². The molecule has 0 saturated heterocycles. The SMILES string of the molecule is C1=CC2Oc3c(c4ccccc4c4c3[nH]c3ccc(-c5ccccc5)cc34)C2c2ccccc21. The van der Waals surface area contributed by atoms with Crippen molar-refractivity contribution >= 4 is 38.7 Å². The van der Waals surface area contributed by atoms with Crippen molar-refractivity contribution in [3.63, 3.8) is 0 Å². The number of aromatic nitrogens is 1. The standard InChI is InChI=1S/C32H21NO/c1-2-8-19(9-3-1)21-14-16-26-25(18-21)28-23-12-6-7-13-24(23)30-29-22-11-5-4-10-20(22)15-17-27(29)34-32(30)31(28)33-26/h1-18,27,29,33H. The number of hydrogen-bond acceptors (Lipinski definition) is 1. The molecule has 0 radical (unpaired) electrons. The van der Waals surface area contributed by atoms with E-state index < -0.39 is 0 Å². The van der Waals surface area contributed by atoms with E-state index >= 15 is 0 Å². The van der Waals surface area contributed by atoms with Crippen LogP contribution in [0.25, 0.3) is 49.8 Å². The Labute approximate surface area is 197 Å². The molecule has 0 spiro atoms. The molecular formula is C32H21NO. The third-order valence-corrected chi connectivity index (χ3v) is 7.55. The first kappa shape index (κ1) is 18.2. The van der Waals surface area contributed by atoms with E-state index in [0.29, 0.717) is 0 Å². The maximum absolute atomic E-state index is 6.72. The van der Waals surface area contributed by atoms with Gasteiger partial charge in [0.2, 0.25) is 0 Å². The molecule has 160 valence electrons. The van der Waals surface area contributed by atoms with Crippen LogP contribution in [0.2, 0.25) is 0 Å². The first-order valence-corrected chi connectivity index (χ1v) is 11.9. The Kier molecular flexibility index (Phi) is 3.53. The van der Waals surface area contributed by atoms with Crippen LogP contribution in [0.4, 0.5) is 0 Å². The number of rotatable bonds is 1. The van der Waals surface area contributed by atoms with Crippen molar-refractivity contribution in [3.05, 3.63) is 120 Å². The Hall–Kier alpha value is -4.30. The highest BCUT2D eigenvalue weighted by Crippen LogP contribution is 2.53. The summed E-state index contributed by atoms with van der Waals surface area (Å²) in [4.78, 5) is 3.73. The summed E-state index contributed by atoms with van der Waals surface area (Å²) in [6.45, 7) is 0. The third kappa shape index (κ3) is 2.35. The van der Waals surface area contributed by atoms with Gasteiger partial charge in [-0.15, -0.1) is 0 Å². The van der Waals surface area contributed by atoms with Crippen LogP contribution in [0, 0.1) is 0 Å². The number of hydrogen-bond donors (Lipinski definition) is 1. The lowest BCUT2D eigenvalue weighted by Gasteiger charge is -2.23. The van der Waals surface area contributed by atoms with Gasteiger partial charge in [0.1, 0.15) is 11.9 Å². The normalized spacial score (nSPS) is 18.1. The summed E-state index contributed by atoms with van der Waals surface area (Å²) in [5.41, 5.74) is 8.64. The largest absolute Gasteiger partial charge is 0.483 e. The molecule has 2 atom stereocenters. The van der Waals surface area contributed by atoms with E-state index in [1.807, 2.05) is 0 Å². The van der Waals surface area contributed by atoms with Gasteiger partial charge in [0.15, 0.2) is 0 Å². The first-order valence-electron chi connectivity index (χ1n) is 11.9. The minimum absolute atomic E-state index is 0.0187. The topological polar surface area (TPSA) is 25.0 Å². The molecule has 1 aliphatic carbocycles. The minimum atomic E-state index is 0.0187. The predicted octanol–water partition coefficient (Wildman–Crippen LogP) is 8.06. The van der Waals surface area contributed by atoms with Crippen LogP contribution in [0.15, 0.2) is 103 Å². The molecule has 34 heavy (non-hydrogen) atoms. The lowest BCUT2D eigenvalue weighted by molar-refractivity contribution is 0.269. The van der Waals surface area contributed by atoms with Gasteiger partial charge in [0.25, 0.3) is 0 Å². The second kappa shape index (κ2) is 6.61. The number of nitrogens with one attached hydrogen (secondary N) is 1. The lowest BCUT2D eigenvalue weighted by atomic mass is 9.80. The number of benzene rings is 5. The number of ether oxygens (including phenoxy) is 1. The Balaban J connectivity index is 1.48. The summed E-state index contributed by atoms with van der Waals surface area (Å²) in [6.07, 6.45) is 4.45. The van der Waals surface area contributed by atoms with Crippen molar-refractivity contribution in [2.45, 2.75) is 12.0 Å². The molecule has 1 aromatic heterocycles. The minimum Gasteiger partial charge on any atom is -0.483 e. The van der Waals surface area contributed by atoms with Crippen molar-refractivity contribution in [1.29, 1.82) is 0 Å². The van der Waals surface area contributed by atoms with Crippen molar-refractivity contribution in [2.24, 2.45) is 0 Å². The molecule has 0 fully saturated rings. The van der Waals surface area contributed by atoms with Crippen LogP contribution in [0.1, 0.15) is 22.6 Å². The highest BCUT2D eigenvalue weighted by atomic mass is 16.5. The zero-order chi connectivity index (χ0) is 22.2. The molecule has 2 aliphatic rings. The molecule has 5 aromatic carbocycles. The van der Waals surface area contributed by atoms with Gasteiger partial charge in [0.05, 0.1) is 11.4 Å². The monoisotopic (exact) mass is 435 g/mol. The van der Waals surface area contributed by atoms with Gasteiger partial charge in [0, 0.05) is 21.9 Å². The van der Waals surface area contributed by atoms with E-state index in [1.54, 1.807) is 0 Å². The van der Waals surface area contributed by atoms with Crippen molar-refractivity contribution in [1.82, 2.24) is 4.98 Å². The summed E-state index contributed by atoms with van der Waals surface area (Å²) in [5, 5.41) is 5.06. The van der Waals surface area contributed by atoms with Gasteiger partial charge in [-0.25, -0.2) is 0 Å². The van der Waals surface area contributed by atoms with Crippen LogP contribution in [0.3, 0.4) is 0 Å². The Morgan fingerprint density at radius 1 is 0.676 bits per heavy atom. The van der Waals surface area contributed by atoms with Gasteiger partial charge in [-0.2, -0.15) is 0 Å². The molecule has 2 heterocycles. The summed E-state index contributed by atoms with van der Waals surface area (Å²) < 4.78 is 6.72. The summed E-state index contributed by atoms with van der Waals surface area (Å²) in [5.74, 6) is 1.21. The molecule has 1 N–H and O–H groups in total. The Bertz CT molecular complexity index is 1790. The molecule has 0 amide bonds. The molecule has 6 aromatic rings. The number of H-pyrrole nitrogens is 1. The smallest absolute Gasteiger partial charge is 0.148 e. The van der Waals surface area contributed by atoms with Gasteiger partial charge < -0.3 is 9.72 Å². The predicted molar refractivity (Wildman–Crippen MR) is 140 cm³/mol. The van der Waals surface area contributed by atoms with Crippen LogP contribution in [-0.2, 0) is 0 Å². The quantitative estimate of drug-likeness (QED) is 0.278. The number of fused-ring (bicyclic) bond motifs is 12. The average Bonchev–Trinajstić information content (AvgIpc) is 3.48. The zero-order valence-corrected chi connectivity index (χ0v) is 18.5. The fraction of sp³-hybridized carbons (Fsp3) is 0.0625. The maximum Gasteiger partial charge on any atom is 0.148 e. The van der Waals surface area contributed by atoms with Crippen LogP contribution in [-0.4, -0.2) is 11.1 Å². The van der Waals surface area contributed by atoms with Crippen LogP contribution < -0.4 is 4.74 Å². The lowest BCUT2D eigenvalue weighted by Crippen LogP contribution is -2.20. The van der Waals surface area contributed by atoms with E-state index in [-0.39, 0.29) is 12.0 Å². The summed E-state index contributed by atoms with van der Waals surface area (Å²) in [6, 6.07) is 34.9. The molecule has 2 heteroatoms. The number of aromatic amines is 1. The summed E-state index contributed by atoms with van der Waals surface area (Å²) >= 11 is 0. The van der Waals surface area contributed by atoms with Crippen molar-refractivity contribution in [3.8, 4) is 16.9 Å². The van der Waals surface area contributed by atoms with Gasteiger partial charge in [-0.3, -0.25) is 0 Å². The van der Waals surface area contributed by atoms with E-state index in [2.05, 4.69) is 114 Å². The molecule has 1 aliphatic heterocycles. The fourth-order valence-corrected chi connectivity index (χ4v) is 6.07. The molecule has 8 rings (SSSR count). The average molecular weight is 436 g/mol. The van der Waals surface area contributed by atoms with E-state index in [4.69, 9.17) is 4.74 Å². The molecular weight excluding hydrogens is 414 g/mol. The van der Waals surface area contributed by atoms with E-state index in [9.17, 15) is 0 Å². The summed E-state index contributed by atoms with van der Waals surface area (Å²) in [7, 11) is 0. The third-order valence-electron chi connectivity index (χ3n) is 7.55. The van der Waals surface area contributed by atoms with Crippen molar-refractivity contribution in [2.75, 3.05) is 0 Å². The highest BCUT2D eigenvalue weighted by Gasteiger charge is 2.40.